The van der Waals surface area contributed by atoms with Gasteiger partial charge in [-0.05, 0) is 25.8 Å². The van der Waals surface area contributed by atoms with Gasteiger partial charge in [0.05, 0.1) is 26.4 Å². The van der Waals surface area contributed by atoms with Gasteiger partial charge in [0.2, 0.25) is 0 Å². The average molecular weight is 303 g/mol. The van der Waals surface area contributed by atoms with Crippen LogP contribution in [0.5, 0.6) is 0 Å². The van der Waals surface area contributed by atoms with Crippen LogP contribution in [0.1, 0.15) is 32.6 Å². The second kappa shape index (κ2) is 10.1. The van der Waals surface area contributed by atoms with Gasteiger partial charge in [0, 0.05) is 26.7 Å². The van der Waals surface area contributed by atoms with Crippen molar-refractivity contribution in [1.29, 1.82) is 0 Å². The summed E-state index contributed by atoms with van der Waals surface area (Å²) in [7, 11) is 3.09. The van der Waals surface area contributed by atoms with E-state index < -0.39 is 5.54 Å². The van der Waals surface area contributed by atoms with E-state index in [9.17, 15) is 4.79 Å². The molecular weight excluding hydrogens is 274 g/mol. The first-order chi connectivity index (χ1) is 10.2. The van der Waals surface area contributed by atoms with E-state index in [1.54, 1.807) is 7.11 Å². The molecule has 1 aliphatic carbocycles. The zero-order valence-corrected chi connectivity index (χ0v) is 13.5. The van der Waals surface area contributed by atoms with Gasteiger partial charge in [0.25, 0.3) is 0 Å². The van der Waals surface area contributed by atoms with Crippen molar-refractivity contribution < 1.29 is 23.7 Å². The molecule has 1 N–H and O–H groups in total. The number of carbonyl (C=O) groups is 1. The Morgan fingerprint density at radius 3 is 2.71 bits per heavy atom. The molecule has 1 rings (SSSR count). The molecule has 0 aromatic heterocycles. The summed E-state index contributed by atoms with van der Waals surface area (Å²) in [5, 5.41) is 3.27. The average Bonchev–Trinajstić information content (AvgIpc) is 2.90. The van der Waals surface area contributed by atoms with Crippen LogP contribution in [0.25, 0.3) is 0 Å². The Balaban J connectivity index is 2.22. The molecule has 0 aromatic carbocycles. The minimum Gasteiger partial charge on any atom is -0.468 e. The lowest BCUT2D eigenvalue weighted by Gasteiger charge is -2.27. The van der Waals surface area contributed by atoms with Gasteiger partial charge >= 0.3 is 5.97 Å². The van der Waals surface area contributed by atoms with Crippen molar-refractivity contribution in [2.45, 2.75) is 44.2 Å². The zero-order valence-electron chi connectivity index (χ0n) is 13.5. The molecule has 0 aromatic rings. The second-order valence-corrected chi connectivity index (χ2v) is 5.30. The number of hydrogen-bond acceptors (Lipinski definition) is 6. The SMILES string of the molecule is CCNC1(C(=O)OC)CCC(OCCCOCCOC)C1. The first-order valence-electron chi connectivity index (χ1n) is 7.70. The summed E-state index contributed by atoms with van der Waals surface area (Å²) in [5.74, 6) is -0.182. The molecule has 0 spiro atoms. The van der Waals surface area contributed by atoms with Crippen LogP contribution in [0.4, 0.5) is 0 Å². The maximum Gasteiger partial charge on any atom is 0.326 e. The molecule has 0 bridgehead atoms. The second-order valence-electron chi connectivity index (χ2n) is 5.30. The lowest BCUT2D eigenvalue weighted by molar-refractivity contribution is -0.148. The Hall–Kier alpha value is -0.690. The van der Waals surface area contributed by atoms with E-state index in [2.05, 4.69) is 5.32 Å². The summed E-state index contributed by atoms with van der Waals surface area (Å²) in [4.78, 5) is 12.0. The summed E-state index contributed by atoms with van der Waals surface area (Å²) in [6, 6.07) is 0. The molecule has 6 heteroatoms. The van der Waals surface area contributed by atoms with Gasteiger partial charge in [-0.25, -0.2) is 0 Å². The highest BCUT2D eigenvalue weighted by molar-refractivity contribution is 5.81. The molecule has 2 unspecified atom stereocenters. The number of hydrogen-bond donors (Lipinski definition) is 1. The maximum absolute atomic E-state index is 12.0. The molecule has 0 radical (unpaired) electrons. The van der Waals surface area contributed by atoms with Crippen LogP contribution in [0, 0.1) is 0 Å². The highest BCUT2D eigenvalue weighted by Gasteiger charge is 2.46. The van der Waals surface area contributed by atoms with E-state index >= 15 is 0 Å². The predicted octanol–water partition coefficient (Wildman–Crippen LogP) is 1.13. The maximum atomic E-state index is 12.0. The number of rotatable bonds is 11. The van der Waals surface area contributed by atoms with Crippen LogP contribution in [0.15, 0.2) is 0 Å². The third-order valence-electron chi connectivity index (χ3n) is 3.78. The van der Waals surface area contributed by atoms with Crippen molar-refractivity contribution in [3.8, 4) is 0 Å². The topological polar surface area (TPSA) is 66.0 Å². The first kappa shape index (κ1) is 18.4. The quantitative estimate of drug-likeness (QED) is 0.456. The monoisotopic (exact) mass is 303 g/mol. The highest BCUT2D eigenvalue weighted by Crippen LogP contribution is 2.33. The van der Waals surface area contributed by atoms with Crippen molar-refractivity contribution >= 4 is 5.97 Å². The number of carbonyl (C=O) groups excluding carboxylic acids is 1. The number of ether oxygens (including phenoxy) is 4. The summed E-state index contributed by atoms with van der Waals surface area (Å²) < 4.78 is 21.1. The standard InChI is InChI=1S/C15H29NO5/c1-4-16-15(14(17)19-3)7-6-13(12-15)21-9-5-8-20-11-10-18-2/h13,16H,4-12H2,1-3H3. The van der Waals surface area contributed by atoms with Crippen molar-refractivity contribution in [3.63, 3.8) is 0 Å². The Labute approximate surface area is 127 Å². The summed E-state index contributed by atoms with van der Waals surface area (Å²) in [6.07, 6.45) is 3.29. The van der Waals surface area contributed by atoms with Crippen LogP contribution in [-0.2, 0) is 23.7 Å². The zero-order chi connectivity index (χ0) is 15.6. The van der Waals surface area contributed by atoms with Gasteiger partial charge in [-0.15, -0.1) is 0 Å². The van der Waals surface area contributed by atoms with Gasteiger partial charge in [-0.2, -0.15) is 0 Å². The summed E-state index contributed by atoms with van der Waals surface area (Å²) in [5.41, 5.74) is -0.566. The fourth-order valence-corrected chi connectivity index (χ4v) is 2.75. The first-order valence-corrected chi connectivity index (χ1v) is 7.70. The number of nitrogens with one attached hydrogen (secondary N) is 1. The normalized spacial score (nSPS) is 25.2. The van der Waals surface area contributed by atoms with Crippen LogP contribution in [0.2, 0.25) is 0 Å². The van der Waals surface area contributed by atoms with Gasteiger partial charge in [0.1, 0.15) is 5.54 Å². The van der Waals surface area contributed by atoms with Crippen LogP contribution >= 0.6 is 0 Å². The van der Waals surface area contributed by atoms with Crippen LogP contribution in [0.3, 0.4) is 0 Å². The molecule has 2 atom stereocenters. The highest BCUT2D eigenvalue weighted by atomic mass is 16.5. The largest absolute Gasteiger partial charge is 0.468 e. The van der Waals surface area contributed by atoms with Crippen LogP contribution < -0.4 is 5.32 Å². The smallest absolute Gasteiger partial charge is 0.326 e. The third-order valence-corrected chi connectivity index (χ3v) is 3.78. The van der Waals surface area contributed by atoms with Crippen molar-refractivity contribution in [3.05, 3.63) is 0 Å². The van der Waals surface area contributed by atoms with E-state index in [1.807, 2.05) is 6.92 Å². The lowest BCUT2D eigenvalue weighted by Crippen LogP contribution is -2.51. The fraction of sp³-hybridized carbons (Fsp3) is 0.933. The van der Waals surface area contributed by atoms with Crippen LogP contribution in [-0.4, -0.2) is 64.8 Å². The number of methoxy groups -OCH3 is 2. The number of likely N-dealkylation sites (N-methyl/N-ethyl adjacent to an activating group) is 1. The Kier molecular flexibility index (Phi) is 8.84. The lowest BCUT2D eigenvalue weighted by atomic mass is 9.97. The number of esters is 1. The van der Waals surface area contributed by atoms with Crippen molar-refractivity contribution in [2.75, 3.05) is 47.2 Å². The van der Waals surface area contributed by atoms with Crippen molar-refractivity contribution in [2.24, 2.45) is 0 Å². The fourth-order valence-electron chi connectivity index (χ4n) is 2.75. The predicted molar refractivity (Wildman–Crippen MR) is 79.3 cm³/mol. The van der Waals surface area contributed by atoms with E-state index in [4.69, 9.17) is 18.9 Å². The van der Waals surface area contributed by atoms with E-state index in [0.29, 0.717) is 32.8 Å². The van der Waals surface area contributed by atoms with E-state index in [0.717, 1.165) is 25.8 Å². The minimum atomic E-state index is -0.566. The molecule has 0 heterocycles. The van der Waals surface area contributed by atoms with E-state index in [1.165, 1.54) is 7.11 Å². The molecule has 0 aliphatic heterocycles. The summed E-state index contributed by atoms with van der Waals surface area (Å²) >= 11 is 0. The van der Waals surface area contributed by atoms with Gasteiger partial charge < -0.3 is 24.3 Å². The Bertz CT molecular complexity index is 300. The Morgan fingerprint density at radius 1 is 1.24 bits per heavy atom. The van der Waals surface area contributed by atoms with Gasteiger partial charge in [-0.3, -0.25) is 4.79 Å². The van der Waals surface area contributed by atoms with Gasteiger partial charge in [-0.1, -0.05) is 6.92 Å². The third kappa shape index (κ3) is 5.90. The molecule has 0 saturated heterocycles. The van der Waals surface area contributed by atoms with E-state index in [-0.39, 0.29) is 12.1 Å². The molecule has 124 valence electrons. The molecule has 6 nitrogen and oxygen atoms in total. The molecule has 1 saturated carbocycles. The minimum absolute atomic E-state index is 0.113. The summed E-state index contributed by atoms with van der Waals surface area (Å²) in [6.45, 7) is 5.30. The molecular formula is C15H29NO5. The molecule has 1 aliphatic rings. The molecule has 1 fully saturated rings. The van der Waals surface area contributed by atoms with Crippen molar-refractivity contribution in [1.82, 2.24) is 5.32 Å². The Morgan fingerprint density at radius 2 is 2.05 bits per heavy atom. The van der Waals surface area contributed by atoms with Gasteiger partial charge in [0.15, 0.2) is 0 Å². The molecule has 0 amide bonds. The molecule has 21 heavy (non-hydrogen) atoms.